The number of primary amides is 1. The van der Waals surface area contributed by atoms with E-state index in [2.05, 4.69) is 5.73 Å². The van der Waals surface area contributed by atoms with E-state index in [1.165, 1.54) is 0 Å². The fraction of sp³-hybridized carbons (Fsp3) is 0. The second-order valence-electron chi connectivity index (χ2n) is 1.11. The number of nitriles is 1. The highest BCUT2D eigenvalue weighted by molar-refractivity contribution is 5.72. The summed E-state index contributed by atoms with van der Waals surface area (Å²) in [5, 5.41) is 9.54. The van der Waals surface area contributed by atoms with Gasteiger partial charge in [-0.3, -0.25) is 0 Å². The fourth-order valence-corrected chi connectivity index (χ4v) is 0.167. The summed E-state index contributed by atoms with van der Waals surface area (Å²) in [5.74, 6) is -1.09. The highest BCUT2D eigenvalue weighted by Gasteiger charge is 1.89. The van der Waals surface area contributed by atoms with Crippen LogP contribution in [0.25, 0.3) is 0 Å². The van der Waals surface area contributed by atoms with Crippen LogP contribution in [0.3, 0.4) is 0 Å². The third-order valence-corrected chi connectivity index (χ3v) is 0.448. The van der Waals surface area contributed by atoms with E-state index in [4.69, 9.17) is 5.26 Å². The summed E-state index contributed by atoms with van der Waals surface area (Å²) >= 11 is 0. The van der Waals surface area contributed by atoms with Gasteiger partial charge in [0.05, 0.1) is 6.20 Å². The molecule has 0 aromatic heterocycles. The lowest BCUT2D eigenvalue weighted by Crippen LogP contribution is -2.24. The van der Waals surface area contributed by atoms with Crippen LogP contribution in [0.1, 0.15) is 0 Å². The summed E-state index contributed by atoms with van der Waals surface area (Å²) in [5.41, 5.74) is 4.52. The highest BCUT2D eigenvalue weighted by atomic mass is 19.1. The van der Waals surface area contributed by atoms with Crippen molar-refractivity contribution in [2.75, 3.05) is 0 Å². The van der Waals surface area contributed by atoms with Crippen molar-refractivity contribution in [1.82, 2.24) is 5.32 Å². The van der Waals surface area contributed by atoms with Crippen molar-refractivity contribution >= 4 is 6.03 Å². The second kappa shape index (κ2) is 3.43. The third kappa shape index (κ3) is 4.28. The Morgan fingerprint density at radius 2 is 2.44 bits per heavy atom. The Labute approximate surface area is 50.8 Å². The number of hydrogen-bond acceptors (Lipinski definition) is 2. The molecule has 0 unspecified atom stereocenters. The first-order chi connectivity index (χ1) is 4.16. The van der Waals surface area contributed by atoms with E-state index in [9.17, 15) is 9.18 Å². The Bertz CT molecular complexity index is 181. The number of nitrogens with one attached hydrogen (secondary N) is 1. The molecule has 4 nitrogen and oxygen atoms in total. The van der Waals surface area contributed by atoms with E-state index in [0.29, 0.717) is 6.20 Å². The van der Waals surface area contributed by atoms with Gasteiger partial charge in [0.2, 0.25) is 5.83 Å². The Hall–Kier alpha value is -1.57. The minimum atomic E-state index is -1.09. The Kier molecular flexibility index (Phi) is 2.84. The summed E-state index contributed by atoms with van der Waals surface area (Å²) in [6.07, 6.45) is 0.586. The van der Waals surface area contributed by atoms with Crippen molar-refractivity contribution in [3.63, 3.8) is 0 Å². The largest absolute Gasteiger partial charge is 0.351 e. The molecule has 0 saturated heterocycles. The smallest absolute Gasteiger partial charge is 0.316 e. The van der Waals surface area contributed by atoms with Gasteiger partial charge in [0, 0.05) is 0 Å². The molecule has 0 aromatic carbocycles. The van der Waals surface area contributed by atoms with E-state index >= 15 is 0 Å². The lowest BCUT2D eigenvalue weighted by atomic mass is 10.6. The molecule has 3 N–H and O–H groups in total. The molecule has 0 saturated carbocycles. The lowest BCUT2D eigenvalue weighted by molar-refractivity contribution is 0.252. The van der Waals surface area contributed by atoms with Crippen LogP contribution in [-0.2, 0) is 0 Å². The minimum Gasteiger partial charge on any atom is -0.351 e. The van der Waals surface area contributed by atoms with E-state index in [-0.39, 0.29) is 0 Å². The number of carbonyl (C=O) groups excluding carboxylic acids is 1. The predicted octanol–water partition coefficient (Wildman–Crippen LogP) is -0.0108. The molecule has 0 aliphatic heterocycles. The third-order valence-electron chi connectivity index (χ3n) is 0.448. The van der Waals surface area contributed by atoms with Crippen LogP contribution in [0.2, 0.25) is 0 Å². The molecule has 0 spiro atoms. The number of amides is 2. The Balaban J connectivity index is 3.74. The number of rotatable bonds is 1. The molecular formula is C4H4FN3O. The molecule has 0 aliphatic carbocycles. The van der Waals surface area contributed by atoms with Crippen LogP contribution in [0.4, 0.5) is 9.18 Å². The maximum Gasteiger partial charge on any atom is 0.316 e. The van der Waals surface area contributed by atoms with Gasteiger partial charge in [-0.2, -0.15) is 9.65 Å². The Morgan fingerprint density at radius 1 is 1.89 bits per heavy atom. The molecule has 5 heteroatoms. The predicted molar refractivity (Wildman–Crippen MR) is 27.5 cm³/mol. The summed E-state index contributed by atoms with van der Waals surface area (Å²) in [6, 6.07) is 0.242. The van der Waals surface area contributed by atoms with E-state index in [0.717, 1.165) is 6.07 Å². The number of allylic oxidation sites excluding steroid dienone is 1. The van der Waals surface area contributed by atoms with Gasteiger partial charge < -0.3 is 11.1 Å². The van der Waals surface area contributed by atoms with E-state index in [1.807, 2.05) is 0 Å². The van der Waals surface area contributed by atoms with E-state index < -0.39 is 11.9 Å². The molecular weight excluding hydrogens is 125 g/mol. The van der Waals surface area contributed by atoms with Gasteiger partial charge in [0.15, 0.2) is 0 Å². The maximum atomic E-state index is 11.7. The van der Waals surface area contributed by atoms with Crippen LogP contribution in [-0.4, -0.2) is 6.03 Å². The molecule has 0 bridgehead atoms. The van der Waals surface area contributed by atoms with E-state index in [1.54, 1.807) is 5.32 Å². The number of halogens is 1. The van der Waals surface area contributed by atoms with Gasteiger partial charge in [-0.1, -0.05) is 0 Å². The van der Waals surface area contributed by atoms with Gasteiger partial charge in [0.1, 0.15) is 6.07 Å². The molecule has 0 radical (unpaired) electrons. The second-order valence-corrected chi connectivity index (χ2v) is 1.11. The van der Waals surface area contributed by atoms with Crippen molar-refractivity contribution < 1.29 is 9.18 Å². The number of carbonyl (C=O) groups is 1. The average molecular weight is 129 g/mol. The van der Waals surface area contributed by atoms with Gasteiger partial charge in [0.25, 0.3) is 0 Å². The first-order valence-corrected chi connectivity index (χ1v) is 1.98. The molecule has 2 amide bonds. The number of hydrogen-bond donors (Lipinski definition) is 2. The molecule has 0 atom stereocenters. The normalized spacial score (nSPS) is 10.0. The van der Waals surface area contributed by atoms with Crippen molar-refractivity contribution in [3.8, 4) is 6.07 Å². The van der Waals surface area contributed by atoms with Crippen molar-refractivity contribution in [2.24, 2.45) is 5.73 Å². The van der Waals surface area contributed by atoms with Crippen LogP contribution >= 0.6 is 0 Å². The summed E-state index contributed by atoms with van der Waals surface area (Å²) in [4.78, 5) is 9.81. The van der Waals surface area contributed by atoms with Crippen molar-refractivity contribution in [3.05, 3.63) is 12.0 Å². The zero-order valence-corrected chi connectivity index (χ0v) is 4.39. The van der Waals surface area contributed by atoms with Gasteiger partial charge in [-0.25, -0.2) is 4.79 Å². The first-order valence-electron chi connectivity index (χ1n) is 1.98. The van der Waals surface area contributed by atoms with Crippen LogP contribution in [0.5, 0.6) is 0 Å². The molecule has 0 aromatic rings. The summed E-state index contributed by atoms with van der Waals surface area (Å²) in [7, 11) is 0. The molecule has 0 aliphatic rings. The SMILES string of the molecule is N#CC(F)=CNC(N)=O. The topological polar surface area (TPSA) is 78.9 Å². The van der Waals surface area contributed by atoms with Crippen molar-refractivity contribution in [2.45, 2.75) is 0 Å². The summed E-state index contributed by atoms with van der Waals surface area (Å²) in [6.45, 7) is 0. The van der Waals surface area contributed by atoms with Crippen LogP contribution < -0.4 is 11.1 Å². The van der Waals surface area contributed by atoms with Crippen molar-refractivity contribution in [1.29, 1.82) is 5.26 Å². The lowest BCUT2D eigenvalue weighted by Gasteiger charge is -1.86. The van der Waals surface area contributed by atoms with Crippen LogP contribution in [0, 0.1) is 11.3 Å². The molecule has 9 heavy (non-hydrogen) atoms. The molecule has 0 fully saturated rings. The standard InChI is InChI=1S/C4H4FN3O/c5-3(1-6)2-8-4(7)9/h2H,(H3,7,8,9). The zero-order chi connectivity index (χ0) is 7.28. The molecule has 0 rings (SSSR count). The first kappa shape index (κ1) is 7.43. The van der Waals surface area contributed by atoms with Gasteiger partial charge in [-0.15, -0.1) is 0 Å². The highest BCUT2D eigenvalue weighted by Crippen LogP contribution is 1.87. The quantitative estimate of drug-likeness (QED) is 0.488. The molecule has 48 valence electrons. The Morgan fingerprint density at radius 3 is 2.78 bits per heavy atom. The van der Waals surface area contributed by atoms with Gasteiger partial charge >= 0.3 is 6.03 Å². The zero-order valence-electron chi connectivity index (χ0n) is 4.39. The number of urea groups is 1. The summed E-state index contributed by atoms with van der Waals surface area (Å²) < 4.78 is 11.7. The number of nitrogens with two attached hydrogens (primary N) is 1. The van der Waals surface area contributed by atoms with Gasteiger partial charge in [-0.05, 0) is 0 Å². The monoisotopic (exact) mass is 129 g/mol. The average Bonchev–Trinajstić information content (AvgIpc) is 1.83. The maximum absolute atomic E-state index is 11.7. The minimum absolute atomic E-state index is 0.586. The number of nitrogens with zero attached hydrogens (tertiary/aromatic N) is 1. The van der Waals surface area contributed by atoms with Crippen LogP contribution in [0.15, 0.2) is 12.0 Å². The molecule has 0 heterocycles. The fourth-order valence-electron chi connectivity index (χ4n) is 0.167.